The van der Waals surface area contributed by atoms with Crippen LogP contribution in [0.5, 0.6) is 0 Å². The van der Waals surface area contributed by atoms with Crippen LogP contribution in [0.1, 0.15) is 45.1 Å². The molecule has 0 bridgehead atoms. The summed E-state index contributed by atoms with van der Waals surface area (Å²) in [7, 11) is 1.88. The Bertz CT molecular complexity index is 1730. The third-order valence-electron chi connectivity index (χ3n) is 8.51. The lowest BCUT2D eigenvalue weighted by Gasteiger charge is -2.47. The van der Waals surface area contributed by atoms with Crippen molar-refractivity contribution in [3.8, 4) is 22.4 Å². The van der Waals surface area contributed by atoms with Crippen LogP contribution in [-0.2, 0) is 7.05 Å². The Balaban J connectivity index is 1.32. The number of benzene rings is 1. The van der Waals surface area contributed by atoms with Gasteiger partial charge in [0.05, 0.1) is 35.5 Å². The Morgan fingerprint density at radius 3 is 2.56 bits per heavy atom. The highest BCUT2D eigenvalue weighted by molar-refractivity contribution is 6.13. The molecule has 5 heterocycles. The molecular formula is C31H32FN7. The Labute approximate surface area is 226 Å². The number of aromatic amines is 1. The highest BCUT2D eigenvalue weighted by Crippen LogP contribution is 2.38. The van der Waals surface area contributed by atoms with E-state index in [0.29, 0.717) is 23.3 Å². The quantitative estimate of drug-likeness (QED) is 0.293. The van der Waals surface area contributed by atoms with Crippen LogP contribution in [0.15, 0.2) is 60.8 Å². The molecule has 5 aromatic rings. The molecule has 1 aliphatic heterocycles. The third-order valence-corrected chi connectivity index (χ3v) is 8.51. The lowest BCUT2D eigenvalue weighted by atomic mass is 9.86. The number of nitrogens with one attached hydrogen (secondary N) is 2. The number of aryl methyl sites for hydroxylation is 1. The van der Waals surface area contributed by atoms with E-state index in [0.717, 1.165) is 45.2 Å². The molecule has 0 radical (unpaired) electrons. The monoisotopic (exact) mass is 521 g/mol. The van der Waals surface area contributed by atoms with Gasteiger partial charge in [0, 0.05) is 59.5 Å². The van der Waals surface area contributed by atoms with Gasteiger partial charge in [-0.1, -0.05) is 37.1 Å². The number of pyridine rings is 2. The maximum Gasteiger partial charge on any atom is 0.150 e. The fraction of sp³-hybridized carbons (Fsp3) is 0.323. The number of nitrogens with zero attached hydrogens (tertiary/aromatic N) is 5. The first kappa shape index (κ1) is 23.9. The molecule has 0 amide bonds. The molecule has 2 aliphatic rings. The van der Waals surface area contributed by atoms with E-state index in [1.807, 2.05) is 31.4 Å². The zero-order valence-corrected chi connectivity index (χ0v) is 22.5. The van der Waals surface area contributed by atoms with Crippen LogP contribution in [0, 0.1) is 5.82 Å². The van der Waals surface area contributed by atoms with E-state index in [4.69, 9.17) is 0 Å². The van der Waals surface area contributed by atoms with Crippen molar-refractivity contribution >= 4 is 27.6 Å². The number of hydrogen-bond acceptors (Lipinski definition) is 5. The van der Waals surface area contributed by atoms with Gasteiger partial charge in [-0.25, -0.2) is 9.37 Å². The van der Waals surface area contributed by atoms with Crippen LogP contribution in [0.3, 0.4) is 0 Å². The summed E-state index contributed by atoms with van der Waals surface area (Å²) < 4.78 is 17.3. The number of likely N-dealkylation sites (N-methyl/N-ethyl adjacent to an activating group) is 1. The minimum Gasteiger partial charge on any atom is -0.378 e. The average molecular weight is 522 g/mol. The number of fused-ring (bicyclic) bond motifs is 4. The van der Waals surface area contributed by atoms with Gasteiger partial charge in [0.1, 0.15) is 11.5 Å². The minimum absolute atomic E-state index is 0.343. The summed E-state index contributed by atoms with van der Waals surface area (Å²) in [5.41, 5.74) is 8.14. The van der Waals surface area contributed by atoms with Crippen LogP contribution >= 0.6 is 0 Å². The normalized spacial score (nSPS) is 19.5. The molecule has 39 heavy (non-hydrogen) atoms. The topological polar surface area (TPSA) is 74.7 Å². The van der Waals surface area contributed by atoms with E-state index in [1.54, 1.807) is 17.1 Å². The molecule has 1 unspecified atom stereocenters. The Morgan fingerprint density at radius 2 is 1.79 bits per heavy atom. The number of aromatic nitrogens is 5. The average Bonchev–Trinajstić information content (AvgIpc) is 3.56. The van der Waals surface area contributed by atoms with E-state index in [2.05, 4.69) is 56.2 Å². The molecule has 2 atom stereocenters. The summed E-state index contributed by atoms with van der Waals surface area (Å²) in [5.74, 6) is -0.343. The van der Waals surface area contributed by atoms with Crippen molar-refractivity contribution in [3.05, 3.63) is 72.2 Å². The number of H-pyrrole nitrogens is 1. The van der Waals surface area contributed by atoms with E-state index < -0.39 is 0 Å². The molecule has 1 saturated carbocycles. The molecule has 7 nitrogen and oxygen atoms in total. The van der Waals surface area contributed by atoms with Crippen LogP contribution in [-0.4, -0.2) is 48.3 Å². The Kier molecular flexibility index (Phi) is 5.65. The molecule has 198 valence electrons. The molecule has 1 fully saturated rings. The van der Waals surface area contributed by atoms with Crippen molar-refractivity contribution in [1.82, 2.24) is 34.9 Å². The molecule has 0 spiro atoms. The van der Waals surface area contributed by atoms with Crippen molar-refractivity contribution < 1.29 is 4.39 Å². The van der Waals surface area contributed by atoms with Crippen molar-refractivity contribution in [2.24, 2.45) is 7.05 Å². The summed E-state index contributed by atoms with van der Waals surface area (Å²) in [6, 6.07) is 11.3. The number of allylic oxidation sites excluding steroid dienone is 1. The maximum absolute atomic E-state index is 15.5. The van der Waals surface area contributed by atoms with Gasteiger partial charge < -0.3 is 15.2 Å². The van der Waals surface area contributed by atoms with Gasteiger partial charge in [-0.2, -0.15) is 5.10 Å². The van der Waals surface area contributed by atoms with E-state index >= 15 is 4.39 Å². The molecular weight excluding hydrogens is 489 g/mol. The van der Waals surface area contributed by atoms with Crippen LogP contribution in [0.4, 0.5) is 4.39 Å². The van der Waals surface area contributed by atoms with Crippen molar-refractivity contribution in [1.29, 1.82) is 0 Å². The summed E-state index contributed by atoms with van der Waals surface area (Å²) in [6.07, 6.45) is 11.8. The maximum atomic E-state index is 15.5. The second-order valence-electron chi connectivity index (χ2n) is 10.8. The zero-order valence-electron chi connectivity index (χ0n) is 22.5. The van der Waals surface area contributed by atoms with Crippen molar-refractivity contribution in [2.75, 3.05) is 6.54 Å². The molecule has 1 aromatic carbocycles. The first-order chi connectivity index (χ1) is 19.0. The van der Waals surface area contributed by atoms with E-state index in [9.17, 15) is 0 Å². The van der Waals surface area contributed by atoms with Gasteiger partial charge in [-0.05, 0) is 43.9 Å². The number of halogens is 1. The number of hydrogen-bond donors (Lipinski definition) is 2. The molecule has 1 aliphatic carbocycles. The first-order valence-electron chi connectivity index (χ1n) is 13.8. The smallest absolute Gasteiger partial charge is 0.150 e. The fourth-order valence-electron chi connectivity index (χ4n) is 6.63. The fourth-order valence-corrected chi connectivity index (χ4v) is 6.63. The van der Waals surface area contributed by atoms with Crippen molar-refractivity contribution in [2.45, 2.75) is 51.6 Å². The van der Waals surface area contributed by atoms with E-state index in [1.165, 1.54) is 43.3 Å². The summed E-state index contributed by atoms with van der Waals surface area (Å²) >= 11 is 0. The third kappa shape index (κ3) is 3.88. The van der Waals surface area contributed by atoms with Gasteiger partial charge in [0.25, 0.3) is 0 Å². The van der Waals surface area contributed by atoms with Gasteiger partial charge in [0.2, 0.25) is 0 Å². The standard InChI is InChI=1S/C31H32FN7/c1-4-39-18(2)30(36-24-7-5-6-8-27(24)39)20-11-9-19(10-12-20)28-23(32)15-34-31-29(28)22-13-25(33-16-26(22)37-31)21-14-35-38(3)17-21/h9-17,24,27,36H,4-8H2,1-3H3,(H,34,37)/t24-,27?/m0/s1. The second kappa shape index (κ2) is 9.22. The highest BCUT2D eigenvalue weighted by atomic mass is 19.1. The second-order valence-corrected chi connectivity index (χ2v) is 10.8. The first-order valence-corrected chi connectivity index (χ1v) is 13.8. The van der Waals surface area contributed by atoms with Crippen LogP contribution in [0.25, 0.3) is 50.0 Å². The predicted molar refractivity (Wildman–Crippen MR) is 153 cm³/mol. The molecule has 4 aromatic heterocycles. The Hall–Kier alpha value is -4.20. The van der Waals surface area contributed by atoms with Gasteiger partial charge in [-0.3, -0.25) is 9.67 Å². The highest BCUT2D eigenvalue weighted by Gasteiger charge is 2.35. The summed E-state index contributed by atoms with van der Waals surface area (Å²) in [6.45, 7) is 5.47. The zero-order chi connectivity index (χ0) is 26.7. The van der Waals surface area contributed by atoms with Gasteiger partial charge >= 0.3 is 0 Å². The lowest BCUT2D eigenvalue weighted by molar-refractivity contribution is 0.158. The molecule has 8 heteroatoms. The molecule has 7 rings (SSSR count). The Morgan fingerprint density at radius 1 is 1.00 bits per heavy atom. The molecule has 2 N–H and O–H groups in total. The lowest BCUT2D eigenvalue weighted by Crippen LogP contribution is -2.54. The van der Waals surface area contributed by atoms with Crippen molar-refractivity contribution in [3.63, 3.8) is 0 Å². The molecule has 0 saturated heterocycles. The SMILES string of the molecule is CCN1C(C)=C(c2ccc(-c3c(F)cnc4[nH]c5cnc(-c6cnn(C)c6)cc5c34)cc2)N[C@H]2CCCCC21. The summed E-state index contributed by atoms with van der Waals surface area (Å²) in [5, 5.41) is 9.79. The minimum atomic E-state index is -0.343. The van der Waals surface area contributed by atoms with Crippen LogP contribution in [0.2, 0.25) is 0 Å². The largest absolute Gasteiger partial charge is 0.378 e. The van der Waals surface area contributed by atoms with Crippen LogP contribution < -0.4 is 5.32 Å². The number of rotatable bonds is 4. The van der Waals surface area contributed by atoms with E-state index in [-0.39, 0.29) is 5.82 Å². The van der Waals surface area contributed by atoms with Gasteiger partial charge in [-0.15, -0.1) is 0 Å². The van der Waals surface area contributed by atoms with Gasteiger partial charge in [0.15, 0.2) is 0 Å². The predicted octanol–water partition coefficient (Wildman–Crippen LogP) is 6.24. The summed E-state index contributed by atoms with van der Waals surface area (Å²) in [4.78, 5) is 14.9.